The van der Waals surface area contributed by atoms with E-state index in [1.54, 1.807) is 13.8 Å². The molecular formula is C62H110N11O16S+. The quantitative estimate of drug-likeness (QED) is 0.0222. The second kappa shape index (κ2) is 41.7. The smallest absolute Gasteiger partial charge is 0.268 e. The minimum absolute atomic E-state index is 0.0529. The molecule has 18 N–H and O–H groups in total. The highest BCUT2D eigenvalue weighted by Gasteiger charge is 2.48. The predicted octanol–water partition coefficient (Wildman–Crippen LogP) is 0.150. The van der Waals surface area contributed by atoms with Crippen LogP contribution in [0.15, 0.2) is 23.4 Å². The number of aliphatic hydroxyl groups is 6. The van der Waals surface area contributed by atoms with Crippen molar-refractivity contribution in [3.8, 4) is 0 Å². The van der Waals surface area contributed by atoms with Crippen molar-refractivity contribution in [1.82, 2.24) is 42.5 Å². The summed E-state index contributed by atoms with van der Waals surface area (Å²) in [5.41, 5.74) is 8.19. The van der Waals surface area contributed by atoms with Crippen LogP contribution < -0.4 is 54.0 Å². The highest BCUT2D eigenvalue weighted by molar-refractivity contribution is 8.02. The van der Waals surface area contributed by atoms with Crippen LogP contribution in [0.2, 0.25) is 0 Å². The molecule has 13 atom stereocenters. The average molecular weight is 1300 g/mol. The monoisotopic (exact) mass is 1300 g/mol. The zero-order chi connectivity index (χ0) is 67.7. The molecule has 1 fully saturated rings. The summed E-state index contributed by atoms with van der Waals surface area (Å²) in [5, 5.41) is 84.2. The lowest BCUT2D eigenvalue weighted by Crippen LogP contribution is -2.68. The number of nitrogens with zero attached hydrogens (tertiary/aromatic N) is 1. The summed E-state index contributed by atoms with van der Waals surface area (Å²) in [4.78, 5) is 136. The van der Waals surface area contributed by atoms with Crippen LogP contribution in [0.5, 0.6) is 0 Å². The first-order valence-corrected chi connectivity index (χ1v) is 33.2. The molecule has 27 nitrogen and oxygen atoms in total. The van der Waals surface area contributed by atoms with Gasteiger partial charge in [-0.2, -0.15) is 0 Å². The number of thioether (sulfide) groups is 1. The first-order chi connectivity index (χ1) is 42.3. The fraction of sp³-hybridized carbons (Fsp3) is 0.774. The van der Waals surface area contributed by atoms with Crippen molar-refractivity contribution in [2.75, 3.05) is 33.4 Å². The van der Waals surface area contributed by atoms with Gasteiger partial charge in [-0.3, -0.25) is 47.9 Å². The third-order valence-electron chi connectivity index (χ3n) is 16.1. The molecule has 0 saturated carbocycles. The van der Waals surface area contributed by atoms with Crippen molar-refractivity contribution in [3.63, 3.8) is 0 Å². The van der Waals surface area contributed by atoms with Crippen molar-refractivity contribution < 1.29 is 83.1 Å². The number of carbonyl (C=O) groups is 10. The van der Waals surface area contributed by atoms with Gasteiger partial charge in [0.25, 0.3) is 5.91 Å². The lowest BCUT2D eigenvalue weighted by molar-refractivity contribution is -0.870. The van der Waals surface area contributed by atoms with Crippen LogP contribution in [0, 0.1) is 11.8 Å². The maximum atomic E-state index is 14.9. The fourth-order valence-corrected chi connectivity index (χ4v) is 11.6. The van der Waals surface area contributed by atoms with Crippen LogP contribution in [-0.2, 0) is 47.9 Å². The van der Waals surface area contributed by atoms with Gasteiger partial charge in [0.15, 0.2) is 0 Å². The summed E-state index contributed by atoms with van der Waals surface area (Å²) < 4.78 is 0.854. The zero-order valence-corrected chi connectivity index (χ0v) is 55.2. The molecule has 0 aromatic heterocycles. The van der Waals surface area contributed by atoms with Gasteiger partial charge in [-0.25, -0.2) is 0 Å². The van der Waals surface area contributed by atoms with Crippen molar-refractivity contribution in [1.29, 1.82) is 0 Å². The van der Waals surface area contributed by atoms with E-state index in [2.05, 4.69) is 63.7 Å². The average Bonchev–Trinajstić information content (AvgIpc) is 1.25. The fourth-order valence-electron chi connectivity index (χ4n) is 10.7. The largest absolute Gasteiger partial charge is 0.393 e. The third kappa shape index (κ3) is 32.0. The highest BCUT2D eigenvalue weighted by Crippen LogP contribution is 2.26. The number of nitrogens with two attached hydrogens (primary N) is 2. The molecule has 1 spiro atoms. The molecule has 0 aliphatic carbocycles. The summed E-state index contributed by atoms with van der Waals surface area (Å²) in [5.74, 6) is -11.8. The molecule has 0 aromatic carbocycles. The standard InChI is InChI=1S/C62H109N11O16S/c1-9-46-57(85)71-53(38(2)3)60(88)72-62(37-90-29-27-65-56(84)47(34-51(63)80)68-58(86)48(35-52(64)81)70-61(62)89)36-49(59(87)67-46)69-55(83)40(5)66-54(82)39(4)50(79)26-21-19-17-15-13-11-10-12-14-16-18-20-24-41(74)30-43(76)32-45(78)33-44(77)31-42(75)25-22-23-28-73(6,7)8/h9,27,29,38-45,47-50,53,74-79H,10-26,28,30-37H2,1-8H3,(H11-,63,64,65,66,67,68,69,70,71,72,80,81,82,83,84,85,86,87,88,89)/p+1/b29-27-,46-9+/t39?,40-,41?,42?,43?,44?,45?,47-,48-,49?,50?,53-,62?/m0/s1. The third-order valence-corrected chi connectivity index (χ3v) is 17.1. The van der Waals surface area contributed by atoms with Crippen molar-refractivity contribution >= 4 is 70.8 Å². The van der Waals surface area contributed by atoms with E-state index in [0.29, 0.717) is 25.7 Å². The van der Waals surface area contributed by atoms with Crippen molar-refractivity contribution in [2.45, 2.75) is 261 Å². The number of nitrogens with one attached hydrogen (secondary N) is 8. The summed E-state index contributed by atoms with van der Waals surface area (Å²) in [6, 6.07) is -7.91. The van der Waals surface area contributed by atoms with Crippen LogP contribution in [0.25, 0.3) is 0 Å². The number of amides is 10. The van der Waals surface area contributed by atoms with Gasteiger partial charge in [0.2, 0.25) is 53.2 Å². The summed E-state index contributed by atoms with van der Waals surface area (Å²) in [7, 11) is 6.35. The maximum absolute atomic E-state index is 14.9. The Kier molecular flexibility index (Phi) is 37.2. The van der Waals surface area contributed by atoms with Gasteiger partial charge >= 0.3 is 0 Å². The topological polar surface area (TPSA) is 440 Å². The molecule has 10 amide bonds. The second-order valence-electron chi connectivity index (χ2n) is 25.9. The normalized spacial score (nSPS) is 23.4. The molecular weight excluding hydrogens is 1190 g/mol. The maximum Gasteiger partial charge on any atom is 0.268 e. The Morgan fingerprint density at radius 3 is 1.60 bits per heavy atom. The van der Waals surface area contributed by atoms with Crippen LogP contribution in [0.3, 0.4) is 0 Å². The van der Waals surface area contributed by atoms with Gasteiger partial charge in [-0.05, 0) is 83.0 Å². The minimum atomic E-state index is -2.31. The molecule has 1 saturated heterocycles. The molecule has 28 heteroatoms. The van der Waals surface area contributed by atoms with E-state index in [0.717, 1.165) is 112 Å². The molecule has 2 aliphatic rings. The minimum Gasteiger partial charge on any atom is -0.393 e. The Labute approximate surface area is 535 Å². The summed E-state index contributed by atoms with van der Waals surface area (Å²) >= 11 is 0.826. The number of hydrogen-bond acceptors (Lipinski definition) is 17. The predicted molar refractivity (Wildman–Crippen MR) is 340 cm³/mol. The van der Waals surface area contributed by atoms with E-state index in [4.69, 9.17) is 11.5 Å². The number of hydrogen-bond donors (Lipinski definition) is 16. The summed E-state index contributed by atoms with van der Waals surface area (Å²) in [6.45, 7) is 8.48. The first kappa shape index (κ1) is 80.3. The number of quaternary nitrogens is 1. The molecule has 9 unspecified atom stereocenters. The molecule has 0 radical (unpaired) electrons. The van der Waals surface area contributed by atoms with Gasteiger partial charge in [0.1, 0.15) is 41.4 Å². The Hall–Kier alpha value is -5.75. The molecule has 0 bridgehead atoms. The Balaban J connectivity index is 1.93. The van der Waals surface area contributed by atoms with E-state index >= 15 is 0 Å². The molecule has 90 heavy (non-hydrogen) atoms. The Morgan fingerprint density at radius 1 is 0.633 bits per heavy atom. The van der Waals surface area contributed by atoms with Gasteiger partial charge in [0, 0.05) is 18.4 Å². The molecule has 2 rings (SSSR count). The molecule has 2 heterocycles. The number of unbranched alkanes of at least 4 members (excludes halogenated alkanes) is 12. The second-order valence-corrected chi connectivity index (χ2v) is 26.8. The van der Waals surface area contributed by atoms with Crippen LogP contribution in [-0.4, -0.2) is 200 Å². The summed E-state index contributed by atoms with van der Waals surface area (Å²) in [6.07, 6.45) is 10.5. The van der Waals surface area contributed by atoms with Crippen LogP contribution in [0.4, 0.5) is 0 Å². The number of aliphatic hydroxyl groups excluding tert-OH is 6. The Morgan fingerprint density at radius 2 is 1.11 bits per heavy atom. The number of rotatable bonds is 38. The number of carbonyl (C=O) groups excluding carboxylic acids is 10. The van der Waals surface area contributed by atoms with Gasteiger partial charge in [-0.15, -0.1) is 11.8 Å². The van der Waals surface area contributed by atoms with E-state index in [9.17, 15) is 78.6 Å². The van der Waals surface area contributed by atoms with Gasteiger partial charge < -0.3 is 89.1 Å². The Bertz CT molecular complexity index is 2380. The molecule has 2 aliphatic heterocycles. The van der Waals surface area contributed by atoms with Crippen molar-refractivity contribution in [3.05, 3.63) is 23.4 Å². The van der Waals surface area contributed by atoms with E-state index in [-0.39, 0.29) is 31.4 Å². The zero-order valence-electron chi connectivity index (χ0n) is 54.4. The first-order valence-electron chi connectivity index (χ1n) is 32.1. The van der Waals surface area contributed by atoms with Crippen molar-refractivity contribution in [2.24, 2.45) is 23.3 Å². The van der Waals surface area contributed by atoms with Gasteiger partial charge in [-0.1, -0.05) is 104 Å². The molecule has 0 aromatic rings. The lowest BCUT2D eigenvalue weighted by atomic mass is 9.89. The number of primary amides is 2. The number of allylic oxidation sites excluding steroid dienone is 1. The molecule has 514 valence electrons. The van der Waals surface area contributed by atoms with Crippen LogP contribution >= 0.6 is 11.8 Å². The van der Waals surface area contributed by atoms with E-state index in [1.807, 2.05) is 0 Å². The van der Waals surface area contributed by atoms with E-state index < -0.39 is 168 Å². The van der Waals surface area contributed by atoms with Gasteiger partial charge in [0.05, 0.1) is 83.1 Å². The van der Waals surface area contributed by atoms with Crippen LogP contribution in [0.1, 0.15) is 189 Å². The van der Waals surface area contributed by atoms with E-state index in [1.165, 1.54) is 32.3 Å². The lowest BCUT2D eigenvalue weighted by Gasteiger charge is -2.38. The SMILES string of the molecule is C/C=C1/NC(=O)C(NC(=O)[C@H](C)NC(=O)C(C)C(O)CCCCCCCCCCCCCCC(O)CC(O)CC(O)CC(O)CC(O)CCCC[N+](C)(C)C)CC2(CS/C=C\NC(=O)[C@H](CC(N)=O)NC(=O)[C@H](CC(N)=O)NC2=O)NC(=O)[C@H](C(C)C)NC1=O. The highest BCUT2D eigenvalue weighted by atomic mass is 32.2.